The van der Waals surface area contributed by atoms with E-state index < -0.39 is 0 Å². The first-order valence-corrected chi connectivity index (χ1v) is 5.47. The molecule has 0 spiro atoms. The van der Waals surface area contributed by atoms with Gasteiger partial charge in [-0.2, -0.15) is 0 Å². The number of aliphatic hydroxyl groups is 1. The number of hydrogen-bond donors (Lipinski definition) is 1. The van der Waals surface area contributed by atoms with Crippen LogP contribution in [-0.4, -0.2) is 5.11 Å². The molecule has 0 heterocycles. The van der Waals surface area contributed by atoms with Crippen LogP contribution in [0.4, 0.5) is 0 Å². The standard InChI is InChI=1S/C13H22O/c1-10(9-13(2,3)4)11-5-7-12(14)8-6-11/h5,7,10,14H,6,8-9H2,1-4H3. The quantitative estimate of drug-likeness (QED) is 0.697. The van der Waals surface area contributed by atoms with Gasteiger partial charge >= 0.3 is 0 Å². The molecule has 1 heteroatoms. The van der Waals surface area contributed by atoms with E-state index >= 15 is 0 Å². The maximum atomic E-state index is 9.26. The van der Waals surface area contributed by atoms with Crippen LogP contribution in [0.3, 0.4) is 0 Å². The molecule has 0 radical (unpaired) electrons. The van der Waals surface area contributed by atoms with Gasteiger partial charge in [0, 0.05) is 6.42 Å². The van der Waals surface area contributed by atoms with E-state index in [4.69, 9.17) is 0 Å². The average Bonchev–Trinajstić information content (AvgIpc) is 2.02. The second-order valence-electron chi connectivity index (χ2n) is 5.57. The van der Waals surface area contributed by atoms with Crippen molar-refractivity contribution in [1.29, 1.82) is 0 Å². The topological polar surface area (TPSA) is 20.2 Å². The van der Waals surface area contributed by atoms with Crippen LogP contribution in [0.2, 0.25) is 0 Å². The highest BCUT2D eigenvalue weighted by Crippen LogP contribution is 2.32. The van der Waals surface area contributed by atoms with Crippen molar-refractivity contribution >= 4 is 0 Å². The van der Waals surface area contributed by atoms with Crippen molar-refractivity contribution in [3.63, 3.8) is 0 Å². The van der Waals surface area contributed by atoms with Crippen molar-refractivity contribution in [2.75, 3.05) is 0 Å². The van der Waals surface area contributed by atoms with Crippen LogP contribution < -0.4 is 0 Å². The zero-order valence-corrected chi connectivity index (χ0v) is 9.80. The fourth-order valence-corrected chi connectivity index (χ4v) is 2.10. The van der Waals surface area contributed by atoms with Gasteiger partial charge in [0.2, 0.25) is 0 Å². The summed E-state index contributed by atoms with van der Waals surface area (Å²) in [6, 6.07) is 0. The summed E-state index contributed by atoms with van der Waals surface area (Å²) >= 11 is 0. The largest absolute Gasteiger partial charge is 0.512 e. The lowest BCUT2D eigenvalue weighted by molar-refractivity contribution is 0.321. The fraction of sp³-hybridized carbons (Fsp3) is 0.692. The predicted octanol–water partition coefficient (Wildman–Crippen LogP) is 4.22. The van der Waals surface area contributed by atoms with Gasteiger partial charge in [0.05, 0.1) is 5.76 Å². The number of rotatable bonds is 2. The Bertz CT molecular complexity index is 253. The van der Waals surface area contributed by atoms with Gasteiger partial charge in [0.25, 0.3) is 0 Å². The Morgan fingerprint density at radius 3 is 2.36 bits per heavy atom. The Morgan fingerprint density at radius 2 is 1.93 bits per heavy atom. The Kier molecular flexibility index (Phi) is 3.41. The summed E-state index contributed by atoms with van der Waals surface area (Å²) in [5, 5.41) is 9.26. The average molecular weight is 194 g/mol. The van der Waals surface area contributed by atoms with E-state index in [1.807, 2.05) is 6.08 Å². The van der Waals surface area contributed by atoms with Gasteiger partial charge in [0.15, 0.2) is 0 Å². The first-order chi connectivity index (χ1) is 6.38. The Balaban J connectivity index is 2.58. The molecule has 1 rings (SSSR count). The first-order valence-electron chi connectivity index (χ1n) is 5.47. The monoisotopic (exact) mass is 194 g/mol. The lowest BCUT2D eigenvalue weighted by Crippen LogP contribution is -2.13. The molecule has 14 heavy (non-hydrogen) atoms. The lowest BCUT2D eigenvalue weighted by atomic mass is 9.80. The Hall–Kier alpha value is -0.720. The van der Waals surface area contributed by atoms with E-state index in [-0.39, 0.29) is 0 Å². The van der Waals surface area contributed by atoms with Crippen LogP contribution in [0.5, 0.6) is 0 Å². The molecule has 0 amide bonds. The Labute approximate surface area is 87.5 Å². The molecule has 1 unspecified atom stereocenters. The summed E-state index contributed by atoms with van der Waals surface area (Å²) in [5.74, 6) is 1.16. The van der Waals surface area contributed by atoms with Crippen LogP contribution in [-0.2, 0) is 0 Å². The zero-order chi connectivity index (χ0) is 10.8. The minimum atomic E-state index is 0.392. The molecule has 0 aromatic heterocycles. The molecule has 0 bridgehead atoms. The zero-order valence-electron chi connectivity index (χ0n) is 9.80. The summed E-state index contributed by atoms with van der Waals surface area (Å²) in [4.78, 5) is 0. The molecule has 0 aromatic carbocycles. The molecule has 1 N–H and O–H groups in total. The number of aliphatic hydroxyl groups excluding tert-OH is 1. The highest BCUT2D eigenvalue weighted by molar-refractivity contribution is 5.22. The molecule has 1 aliphatic carbocycles. The van der Waals surface area contributed by atoms with E-state index in [0.717, 1.165) is 12.8 Å². The molecule has 0 fully saturated rings. The van der Waals surface area contributed by atoms with Crippen molar-refractivity contribution in [3.8, 4) is 0 Å². The SMILES string of the molecule is CC(CC(C)(C)C)C1=CC=C(O)CC1. The molecule has 80 valence electrons. The van der Waals surface area contributed by atoms with Gasteiger partial charge in [-0.1, -0.05) is 39.3 Å². The third-order valence-corrected chi connectivity index (χ3v) is 2.71. The Morgan fingerprint density at radius 1 is 1.29 bits per heavy atom. The highest BCUT2D eigenvalue weighted by atomic mass is 16.3. The van der Waals surface area contributed by atoms with Crippen LogP contribution in [0.1, 0.15) is 47.0 Å². The first kappa shape index (κ1) is 11.4. The van der Waals surface area contributed by atoms with Crippen LogP contribution in [0.15, 0.2) is 23.5 Å². The molecule has 0 aromatic rings. The van der Waals surface area contributed by atoms with Crippen LogP contribution in [0, 0.1) is 11.3 Å². The minimum absolute atomic E-state index is 0.392. The lowest BCUT2D eigenvalue weighted by Gasteiger charge is -2.26. The summed E-state index contributed by atoms with van der Waals surface area (Å²) in [5.41, 5.74) is 1.88. The van der Waals surface area contributed by atoms with Crippen molar-refractivity contribution < 1.29 is 5.11 Å². The normalized spacial score (nSPS) is 20.0. The third-order valence-electron chi connectivity index (χ3n) is 2.71. The van der Waals surface area contributed by atoms with Crippen molar-refractivity contribution in [3.05, 3.63) is 23.5 Å². The summed E-state index contributed by atoms with van der Waals surface area (Å²) in [7, 11) is 0. The number of allylic oxidation sites excluding steroid dienone is 4. The number of hydrogen-bond acceptors (Lipinski definition) is 1. The second kappa shape index (κ2) is 4.20. The van der Waals surface area contributed by atoms with E-state index in [1.165, 1.54) is 12.0 Å². The maximum Gasteiger partial charge on any atom is 0.0925 e. The van der Waals surface area contributed by atoms with E-state index in [2.05, 4.69) is 33.8 Å². The van der Waals surface area contributed by atoms with Gasteiger partial charge in [-0.05, 0) is 30.3 Å². The van der Waals surface area contributed by atoms with Gasteiger partial charge in [-0.15, -0.1) is 0 Å². The molecular formula is C13H22O. The summed E-state index contributed by atoms with van der Waals surface area (Å²) in [6.07, 6.45) is 7.00. The van der Waals surface area contributed by atoms with Gasteiger partial charge in [-0.25, -0.2) is 0 Å². The minimum Gasteiger partial charge on any atom is -0.512 e. The van der Waals surface area contributed by atoms with E-state index in [9.17, 15) is 5.11 Å². The van der Waals surface area contributed by atoms with Crippen LogP contribution in [0.25, 0.3) is 0 Å². The van der Waals surface area contributed by atoms with Gasteiger partial charge in [0.1, 0.15) is 0 Å². The molecule has 1 atom stereocenters. The molecule has 0 saturated heterocycles. The predicted molar refractivity (Wildman–Crippen MR) is 61.3 cm³/mol. The van der Waals surface area contributed by atoms with Crippen molar-refractivity contribution in [2.45, 2.75) is 47.0 Å². The molecular weight excluding hydrogens is 172 g/mol. The summed E-state index contributed by atoms with van der Waals surface area (Å²) in [6.45, 7) is 9.12. The van der Waals surface area contributed by atoms with Crippen molar-refractivity contribution in [2.24, 2.45) is 11.3 Å². The molecule has 0 saturated carbocycles. The molecule has 0 aliphatic heterocycles. The van der Waals surface area contributed by atoms with E-state index in [0.29, 0.717) is 17.1 Å². The fourth-order valence-electron chi connectivity index (χ4n) is 2.10. The molecule has 1 nitrogen and oxygen atoms in total. The third kappa shape index (κ3) is 3.57. The molecule has 1 aliphatic rings. The van der Waals surface area contributed by atoms with E-state index in [1.54, 1.807) is 0 Å². The van der Waals surface area contributed by atoms with Crippen LogP contribution >= 0.6 is 0 Å². The highest BCUT2D eigenvalue weighted by Gasteiger charge is 2.19. The van der Waals surface area contributed by atoms with Crippen molar-refractivity contribution in [1.82, 2.24) is 0 Å². The smallest absolute Gasteiger partial charge is 0.0925 e. The second-order valence-corrected chi connectivity index (χ2v) is 5.57. The summed E-state index contributed by atoms with van der Waals surface area (Å²) < 4.78 is 0. The maximum absolute atomic E-state index is 9.26. The van der Waals surface area contributed by atoms with Gasteiger partial charge < -0.3 is 5.11 Å². The van der Waals surface area contributed by atoms with Gasteiger partial charge in [-0.3, -0.25) is 0 Å².